The fraction of sp³-hybridized carbons (Fsp3) is 0.667. The van der Waals surface area contributed by atoms with E-state index in [-0.39, 0.29) is 19.5 Å². The van der Waals surface area contributed by atoms with Crippen LogP contribution in [0.2, 0.25) is 0 Å². The van der Waals surface area contributed by atoms with Gasteiger partial charge in [0.1, 0.15) is 0 Å². The van der Waals surface area contributed by atoms with Gasteiger partial charge in [0.15, 0.2) is 0 Å². The first-order valence-electron chi connectivity index (χ1n) is 5.05. The molecule has 0 bridgehead atoms. The van der Waals surface area contributed by atoms with Crippen molar-refractivity contribution in [3.05, 3.63) is 0 Å². The van der Waals surface area contributed by atoms with Crippen molar-refractivity contribution in [3.63, 3.8) is 0 Å². The number of nitrogens with two attached hydrogens (primary N) is 1. The Balaban J connectivity index is 2.68. The predicted octanol–water partition coefficient (Wildman–Crippen LogP) is -0.804. The van der Waals surface area contributed by atoms with E-state index < -0.39 is 30.1 Å². The number of nitrogens with zero attached hydrogens (tertiary/aromatic N) is 1. The van der Waals surface area contributed by atoms with Crippen molar-refractivity contribution in [2.45, 2.75) is 12.5 Å². The third kappa shape index (κ3) is 3.51. The van der Waals surface area contributed by atoms with Crippen molar-refractivity contribution in [2.24, 2.45) is 11.7 Å². The first-order valence-corrected chi connectivity index (χ1v) is 5.05. The molecule has 0 radical (unpaired) electrons. The molecule has 0 aromatic heterocycles. The van der Waals surface area contributed by atoms with Gasteiger partial charge in [0.25, 0.3) is 0 Å². The van der Waals surface area contributed by atoms with Gasteiger partial charge in [-0.05, 0) is 6.42 Å². The fourth-order valence-electron chi connectivity index (χ4n) is 1.79. The molecule has 1 fully saturated rings. The highest BCUT2D eigenvalue weighted by molar-refractivity contribution is 5.76. The Labute approximate surface area is 97.7 Å². The summed E-state index contributed by atoms with van der Waals surface area (Å²) in [7, 11) is 1.21. The first kappa shape index (κ1) is 13.1. The number of methoxy groups -OCH3 is 1. The molecule has 1 aliphatic rings. The third-order valence-electron chi connectivity index (χ3n) is 2.62. The first-order chi connectivity index (χ1) is 7.93. The van der Waals surface area contributed by atoms with Gasteiger partial charge in [0, 0.05) is 13.1 Å². The minimum Gasteiger partial charge on any atom is -0.481 e. The summed E-state index contributed by atoms with van der Waals surface area (Å²) in [5.74, 6) is -1.76. The molecule has 0 aromatic carbocycles. The molecule has 1 saturated heterocycles. The minimum atomic E-state index is -1.02. The largest absolute Gasteiger partial charge is 0.481 e. The third-order valence-corrected chi connectivity index (χ3v) is 2.62. The molecule has 0 aliphatic carbocycles. The number of piperidine rings is 1. The van der Waals surface area contributed by atoms with Crippen LogP contribution in [-0.4, -0.2) is 54.3 Å². The van der Waals surface area contributed by atoms with Gasteiger partial charge in [0.2, 0.25) is 0 Å². The number of carboxylic acids is 1. The Morgan fingerprint density at radius 1 is 1.41 bits per heavy atom. The summed E-state index contributed by atoms with van der Waals surface area (Å²) in [6.45, 7) is 0.248. The Hall–Kier alpha value is -1.99. The monoisotopic (exact) mass is 245 g/mol. The van der Waals surface area contributed by atoms with Crippen LogP contribution in [0.15, 0.2) is 0 Å². The number of nitrogens with one attached hydrogen (secondary N) is 1. The standard InChI is InChI=1S/C9H15N3O5/c1-17-9(16)11-6-2-5(7(13)14)3-12(4-6)8(10)15/h5-6H,2-4H2,1H3,(H2,10,15)(H,11,16)(H,13,14). The number of ether oxygens (including phenoxy) is 1. The van der Waals surface area contributed by atoms with E-state index in [0.29, 0.717) is 0 Å². The molecule has 2 atom stereocenters. The number of primary amides is 1. The van der Waals surface area contributed by atoms with E-state index in [1.807, 2.05) is 0 Å². The van der Waals surface area contributed by atoms with E-state index in [9.17, 15) is 14.4 Å². The Bertz CT molecular complexity index is 311. The normalized spacial score (nSPS) is 23.9. The Morgan fingerprint density at radius 2 is 2.06 bits per heavy atom. The van der Waals surface area contributed by atoms with Crippen molar-refractivity contribution in [3.8, 4) is 0 Å². The lowest BCUT2D eigenvalue weighted by atomic mass is 9.94. The number of carbonyl (C=O) groups is 3. The number of amides is 3. The smallest absolute Gasteiger partial charge is 0.407 e. The van der Waals surface area contributed by atoms with Crippen LogP contribution in [0.3, 0.4) is 0 Å². The van der Waals surface area contributed by atoms with E-state index in [4.69, 9.17) is 10.8 Å². The predicted molar refractivity (Wildman–Crippen MR) is 56.2 cm³/mol. The maximum absolute atomic E-state index is 11.0. The van der Waals surface area contributed by atoms with Gasteiger partial charge in [-0.15, -0.1) is 0 Å². The second-order valence-corrected chi connectivity index (χ2v) is 3.85. The van der Waals surface area contributed by atoms with E-state index in [0.717, 1.165) is 0 Å². The van der Waals surface area contributed by atoms with Crippen molar-refractivity contribution in [2.75, 3.05) is 20.2 Å². The second kappa shape index (κ2) is 5.37. The summed E-state index contributed by atoms with van der Waals surface area (Å²) in [6, 6.07) is -1.17. The zero-order chi connectivity index (χ0) is 13.0. The second-order valence-electron chi connectivity index (χ2n) is 3.85. The Morgan fingerprint density at radius 3 is 2.53 bits per heavy atom. The molecule has 0 spiro atoms. The number of hydrogen-bond acceptors (Lipinski definition) is 4. The van der Waals surface area contributed by atoms with Crippen LogP contribution in [0, 0.1) is 5.92 Å². The molecular formula is C9H15N3O5. The van der Waals surface area contributed by atoms with Gasteiger partial charge < -0.3 is 25.8 Å². The molecule has 1 rings (SSSR count). The van der Waals surface area contributed by atoms with Gasteiger partial charge in [-0.25, -0.2) is 9.59 Å². The number of aliphatic carboxylic acids is 1. The zero-order valence-electron chi connectivity index (χ0n) is 9.38. The lowest BCUT2D eigenvalue weighted by molar-refractivity contribution is -0.143. The maximum Gasteiger partial charge on any atom is 0.407 e. The van der Waals surface area contributed by atoms with Crippen molar-refractivity contribution >= 4 is 18.1 Å². The van der Waals surface area contributed by atoms with Gasteiger partial charge >= 0.3 is 18.1 Å². The molecular weight excluding hydrogens is 230 g/mol. The molecule has 8 heteroatoms. The molecule has 2 unspecified atom stereocenters. The zero-order valence-corrected chi connectivity index (χ0v) is 9.38. The van der Waals surface area contributed by atoms with Crippen LogP contribution in [0.1, 0.15) is 6.42 Å². The summed E-state index contributed by atoms with van der Waals surface area (Å²) < 4.78 is 4.41. The summed E-state index contributed by atoms with van der Waals surface area (Å²) in [4.78, 5) is 34.2. The van der Waals surface area contributed by atoms with Gasteiger partial charge in [-0.1, -0.05) is 0 Å². The number of hydrogen-bond donors (Lipinski definition) is 3. The van der Waals surface area contributed by atoms with Crippen LogP contribution >= 0.6 is 0 Å². The maximum atomic E-state index is 11.0. The average molecular weight is 245 g/mol. The number of urea groups is 1. The van der Waals surface area contributed by atoms with Crippen LogP contribution in [-0.2, 0) is 9.53 Å². The van der Waals surface area contributed by atoms with Gasteiger partial charge in [-0.2, -0.15) is 0 Å². The number of likely N-dealkylation sites (tertiary alicyclic amines) is 1. The number of carboxylic acid groups (broad SMARTS) is 1. The van der Waals surface area contributed by atoms with Crippen molar-refractivity contribution in [1.82, 2.24) is 10.2 Å². The van der Waals surface area contributed by atoms with E-state index in [2.05, 4.69) is 10.1 Å². The molecule has 8 nitrogen and oxygen atoms in total. The fourth-order valence-corrected chi connectivity index (χ4v) is 1.79. The number of carbonyl (C=O) groups excluding carboxylic acids is 2. The molecule has 4 N–H and O–H groups in total. The number of rotatable bonds is 2. The lowest BCUT2D eigenvalue weighted by Gasteiger charge is -2.35. The molecule has 17 heavy (non-hydrogen) atoms. The van der Waals surface area contributed by atoms with E-state index in [1.54, 1.807) is 0 Å². The van der Waals surface area contributed by atoms with Crippen LogP contribution in [0.4, 0.5) is 9.59 Å². The topological polar surface area (TPSA) is 122 Å². The summed E-state index contributed by atoms with van der Waals surface area (Å²) in [5, 5.41) is 11.4. The lowest BCUT2D eigenvalue weighted by Crippen LogP contribution is -2.55. The molecule has 1 heterocycles. The highest BCUT2D eigenvalue weighted by atomic mass is 16.5. The van der Waals surface area contributed by atoms with Crippen molar-refractivity contribution < 1.29 is 24.2 Å². The molecule has 0 saturated carbocycles. The Kier molecular flexibility index (Phi) is 4.13. The summed E-state index contributed by atoms with van der Waals surface area (Å²) >= 11 is 0. The quantitative estimate of drug-likeness (QED) is 0.587. The summed E-state index contributed by atoms with van der Waals surface area (Å²) in [6.07, 6.45) is -0.417. The molecule has 1 aliphatic heterocycles. The SMILES string of the molecule is COC(=O)NC1CC(C(=O)O)CN(C(N)=O)C1. The van der Waals surface area contributed by atoms with Crippen LogP contribution in [0.5, 0.6) is 0 Å². The van der Waals surface area contributed by atoms with Gasteiger partial charge in [0.05, 0.1) is 19.1 Å². The van der Waals surface area contributed by atoms with Crippen molar-refractivity contribution in [1.29, 1.82) is 0 Å². The van der Waals surface area contributed by atoms with Gasteiger partial charge in [-0.3, -0.25) is 4.79 Å². The van der Waals surface area contributed by atoms with E-state index >= 15 is 0 Å². The molecule has 96 valence electrons. The molecule has 3 amide bonds. The minimum absolute atomic E-state index is 0.0595. The number of alkyl carbamates (subject to hydrolysis) is 1. The highest BCUT2D eigenvalue weighted by Gasteiger charge is 2.33. The summed E-state index contributed by atoms with van der Waals surface area (Å²) in [5.41, 5.74) is 5.11. The van der Waals surface area contributed by atoms with Crippen LogP contribution in [0.25, 0.3) is 0 Å². The average Bonchev–Trinajstić information content (AvgIpc) is 2.28. The van der Waals surface area contributed by atoms with Crippen LogP contribution < -0.4 is 11.1 Å². The molecule has 0 aromatic rings. The van der Waals surface area contributed by atoms with E-state index in [1.165, 1.54) is 12.0 Å². The highest BCUT2D eigenvalue weighted by Crippen LogP contribution is 2.17.